The first kappa shape index (κ1) is 18.7. The highest BCUT2D eigenvalue weighted by Gasteiger charge is 2.34. The molecule has 134 valence electrons. The highest BCUT2D eigenvalue weighted by molar-refractivity contribution is 7.89. The number of piperazine rings is 1. The number of alkyl halides is 3. The summed E-state index contributed by atoms with van der Waals surface area (Å²) in [6.45, 7) is 0.376. The molecule has 0 unspecified atom stereocenters. The maximum atomic E-state index is 12.5. The Kier molecular flexibility index (Phi) is 5.51. The average molecular weight is 365 g/mol. The summed E-state index contributed by atoms with van der Waals surface area (Å²) >= 11 is 0. The molecule has 1 aliphatic heterocycles. The molecule has 1 heterocycles. The number of sulfonamides is 1. The van der Waals surface area contributed by atoms with Crippen molar-refractivity contribution in [2.24, 2.45) is 0 Å². The van der Waals surface area contributed by atoms with E-state index in [9.17, 15) is 26.4 Å². The fraction of sp³-hybridized carbons (Fsp3) is 0.500. The van der Waals surface area contributed by atoms with Gasteiger partial charge in [-0.1, -0.05) is 0 Å². The smallest absolute Gasteiger partial charge is 0.326 e. The zero-order valence-corrected chi connectivity index (χ0v) is 13.8. The summed E-state index contributed by atoms with van der Waals surface area (Å²) in [7, 11) is -3.76. The van der Waals surface area contributed by atoms with Gasteiger partial charge in [-0.25, -0.2) is 8.42 Å². The molecule has 2 rings (SSSR count). The summed E-state index contributed by atoms with van der Waals surface area (Å²) in [6, 6.07) is 5.66. The molecular weight excluding hydrogens is 347 g/mol. The van der Waals surface area contributed by atoms with Crippen molar-refractivity contribution in [2.45, 2.75) is 18.0 Å². The molecular formula is C14H18F3N3O3S. The summed E-state index contributed by atoms with van der Waals surface area (Å²) in [4.78, 5) is 12.2. The van der Waals surface area contributed by atoms with Crippen LogP contribution in [-0.4, -0.2) is 62.4 Å². The summed E-state index contributed by atoms with van der Waals surface area (Å²) < 4.78 is 63.3. The van der Waals surface area contributed by atoms with E-state index < -0.39 is 22.7 Å². The van der Waals surface area contributed by atoms with Crippen molar-refractivity contribution >= 4 is 21.6 Å². The maximum absolute atomic E-state index is 12.5. The second-order valence-electron chi connectivity index (χ2n) is 5.50. The number of halogens is 3. The van der Waals surface area contributed by atoms with Gasteiger partial charge in [-0.2, -0.15) is 17.5 Å². The third kappa shape index (κ3) is 4.92. The minimum atomic E-state index is -4.29. The number of rotatable bonds is 4. The van der Waals surface area contributed by atoms with E-state index in [4.69, 9.17) is 0 Å². The Labute approximate surface area is 138 Å². The molecule has 0 bridgehead atoms. The quantitative estimate of drug-likeness (QED) is 0.878. The van der Waals surface area contributed by atoms with E-state index in [1.165, 1.54) is 40.4 Å². The maximum Gasteiger partial charge on any atom is 0.401 e. The number of benzene rings is 1. The molecule has 1 saturated heterocycles. The molecule has 10 heteroatoms. The summed E-state index contributed by atoms with van der Waals surface area (Å²) in [5.41, 5.74) is 0.469. The Morgan fingerprint density at radius 2 is 1.67 bits per heavy atom. The number of nitrogens with zero attached hydrogens (tertiary/aromatic N) is 2. The van der Waals surface area contributed by atoms with E-state index in [2.05, 4.69) is 5.32 Å². The van der Waals surface area contributed by atoms with Gasteiger partial charge in [0.15, 0.2) is 0 Å². The molecule has 1 fully saturated rings. The van der Waals surface area contributed by atoms with Gasteiger partial charge in [0.2, 0.25) is 15.9 Å². The number of carbonyl (C=O) groups excluding carboxylic acids is 1. The van der Waals surface area contributed by atoms with Crippen molar-refractivity contribution in [3.63, 3.8) is 0 Å². The van der Waals surface area contributed by atoms with Gasteiger partial charge in [0.25, 0.3) is 0 Å². The van der Waals surface area contributed by atoms with Gasteiger partial charge >= 0.3 is 6.18 Å². The predicted molar refractivity (Wildman–Crippen MR) is 82.0 cm³/mol. The van der Waals surface area contributed by atoms with Gasteiger partial charge in [0, 0.05) is 38.8 Å². The summed E-state index contributed by atoms with van der Waals surface area (Å²) in [5, 5.41) is 2.53. The van der Waals surface area contributed by atoms with Crippen LogP contribution in [0.25, 0.3) is 0 Å². The van der Waals surface area contributed by atoms with Crippen LogP contribution in [0.1, 0.15) is 6.92 Å². The van der Waals surface area contributed by atoms with E-state index in [0.717, 1.165) is 0 Å². The van der Waals surface area contributed by atoms with Gasteiger partial charge in [0.1, 0.15) is 0 Å². The first-order chi connectivity index (χ1) is 11.1. The Hall–Kier alpha value is -1.65. The topological polar surface area (TPSA) is 69.7 Å². The molecule has 1 aliphatic rings. The SMILES string of the molecule is CC(=O)Nc1ccc(S(=O)(=O)N2CCN(CC(F)(F)F)CC2)cc1. The number of carbonyl (C=O) groups is 1. The number of amides is 1. The monoisotopic (exact) mass is 365 g/mol. The van der Waals surface area contributed by atoms with E-state index in [0.29, 0.717) is 5.69 Å². The molecule has 0 aromatic heterocycles. The number of hydrogen-bond donors (Lipinski definition) is 1. The van der Waals surface area contributed by atoms with Crippen LogP contribution in [0.5, 0.6) is 0 Å². The minimum absolute atomic E-state index is 0.00581. The third-order valence-electron chi connectivity index (χ3n) is 3.55. The van der Waals surface area contributed by atoms with Gasteiger partial charge in [-0.15, -0.1) is 0 Å². The normalized spacial score (nSPS) is 17.7. The Bertz CT molecular complexity index is 681. The largest absolute Gasteiger partial charge is 0.401 e. The first-order valence-electron chi connectivity index (χ1n) is 7.25. The lowest BCUT2D eigenvalue weighted by Crippen LogP contribution is -2.50. The molecule has 0 aliphatic carbocycles. The van der Waals surface area contributed by atoms with Crippen LogP contribution in [0.15, 0.2) is 29.2 Å². The van der Waals surface area contributed by atoms with Gasteiger partial charge in [-0.3, -0.25) is 9.69 Å². The van der Waals surface area contributed by atoms with Crippen molar-refractivity contribution in [1.29, 1.82) is 0 Å². The molecule has 0 atom stereocenters. The molecule has 0 radical (unpaired) electrons. The van der Waals surface area contributed by atoms with Crippen LogP contribution in [0.3, 0.4) is 0 Å². The van der Waals surface area contributed by atoms with Crippen LogP contribution in [0.4, 0.5) is 18.9 Å². The van der Waals surface area contributed by atoms with Crippen molar-refractivity contribution in [3.05, 3.63) is 24.3 Å². The zero-order chi connectivity index (χ0) is 18.0. The van der Waals surface area contributed by atoms with E-state index in [1.54, 1.807) is 0 Å². The molecule has 24 heavy (non-hydrogen) atoms. The van der Waals surface area contributed by atoms with Crippen LogP contribution in [-0.2, 0) is 14.8 Å². The fourth-order valence-electron chi connectivity index (χ4n) is 2.44. The second kappa shape index (κ2) is 7.08. The van der Waals surface area contributed by atoms with Gasteiger partial charge in [-0.05, 0) is 24.3 Å². The standard InChI is InChI=1S/C14H18F3N3O3S/c1-11(21)18-12-2-4-13(5-3-12)24(22,23)20-8-6-19(7-9-20)10-14(15,16)17/h2-5H,6-10H2,1H3,(H,18,21). The molecule has 0 saturated carbocycles. The summed E-state index contributed by atoms with van der Waals surface area (Å²) in [5.74, 6) is -0.272. The third-order valence-corrected chi connectivity index (χ3v) is 5.46. The molecule has 1 amide bonds. The molecule has 1 aromatic rings. The van der Waals surface area contributed by atoms with Crippen molar-refractivity contribution in [3.8, 4) is 0 Å². The minimum Gasteiger partial charge on any atom is -0.326 e. The van der Waals surface area contributed by atoms with Crippen molar-refractivity contribution in [2.75, 3.05) is 38.0 Å². The highest BCUT2D eigenvalue weighted by Crippen LogP contribution is 2.22. The lowest BCUT2D eigenvalue weighted by molar-refractivity contribution is -0.148. The van der Waals surface area contributed by atoms with E-state index in [-0.39, 0.29) is 37.0 Å². The Morgan fingerprint density at radius 1 is 1.12 bits per heavy atom. The van der Waals surface area contributed by atoms with E-state index >= 15 is 0 Å². The molecule has 6 nitrogen and oxygen atoms in total. The fourth-order valence-corrected chi connectivity index (χ4v) is 3.87. The van der Waals surface area contributed by atoms with Crippen molar-refractivity contribution in [1.82, 2.24) is 9.21 Å². The van der Waals surface area contributed by atoms with Crippen LogP contribution >= 0.6 is 0 Å². The molecule has 0 spiro atoms. The lowest BCUT2D eigenvalue weighted by Gasteiger charge is -2.34. The second-order valence-corrected chi connectivity index (χ2v) is 7.44. The van der Waals surface area contributed by atoms with Crippen LogP contribution < -0.4 is 5.32 Å². The van der Waals surface area contributed by atoms with Gasteiger partial charge < -0.3 is 5.32 Å². The number of hydrogen-bond acceptors (Lipinski definition) is 4. The van der Waals surface area contributed by atoms with E-state index in [1.807, 2.05) is 0 Å². The number of nitrogens with one attached hydrogen (secondary N) is 1. The Morgan fingerprint density at radius 3 is 2.12 bits per heavy atom. The predicted octanol–water partition coefficient (Wildman–Crippen LogP) is 1.51. The van der Waals surface area contributed by atoms with Crippen molar-refractivity contribution < 1.29 is 26.4 Å². The van der Waals surface area contributed by atoms with Crippen LogP contribution in [0, 0.1) is 0 Å². The summed E-state index contributed by atoms with van der Waals surface area (Å²) in [6.07, 6.45) is -4.29. The zero-order valence-electron chi connectivity index (χ0n) is 13.0. The Balaban J connectivity index is 2.02. The first-order valence-corrected chi connectivity index (χ1v) is 8.69. The van der Waals surface area contributed by atoms with Gasteiger partial charge in [0.05, 0.1) is 11.4 Å². The molecule has 1 aromatic carbocycles. The lowest BCUT2D eigenvalue weighted by atomic mass is 10.3. The highest BCUT2D eigenvalue weighted by atomic mass is 32.2. The number of anilines is 1. The average Bonchev–Trinajstić information content (AvgIpc) is 2.46. The van der Waals surface area contributed by atoms with Crippen LogP contribution in [0.2, 0.25) is 0 Å². The molecule has 1 N–H and O–H groups in total.